The first-order valence-electron chi connectivity index (χ1n) is 11.3. The summed E-state index contributed by atoms with van der Waals surface area (Å²) in [5, 5.41) is 2.39. The second-order valence-electron chi connectivity index (χ2n) is 9.64. The summed E-state index contributed by atoms with van der Waals surface area (Å²) >= 11 is 0. The van der Waals surface area contributed by atoms with Crippen LogP contribution in [0.4, 0.5) is 0 Å². The highest BCUT2D eigenvalue weighted by atomic mass is 16.5. The lowest BCUT2D eigenvalue weighted by Gasteiger charge is -2.57. The molecule has 1 saturated heterocycles. The molecule has 3 N–H and O–H groups in total. The fourth-order valence-corrected chi connectivity index (χ4v) is 5.47. The average Bonchev–Trinajstić information content (AvgIpc) is 2.76. The number of quaternary nitrogens is 2. The number of carbonyl (C=O) groups excluding carboxylic acids is 1. The van der Waals surface area contributed by atoms with Crippen LogP contribution in [0.15, 0.2) is 35.9 Å². The Morgan fingerprint density at radius 3 is 2.59 bits per heavy atom. The second kappa shape index (κ2) is 8.49. The number of hydrogen-bond acceptors (Lipinski definition) is 2. The van der Waals surface area contributed by atoms with Crippen LogP contribution in [-0.2, 0) is 0 Å². The molecular weight excluding hydrogens is 362 g/mol. The predicted octanol–water partition coefficient (Wildman–Crippen LogP) is 0.592. The third-order valence-electron chi connectivity index (χ3n) is 7.72. The van der Waals surface area contributed by atoms with E-state index in [0.29, 0.717) is 11.3 Å². The van der Waals surface area contributed by atoms with E-state index < -0.39 is 0 Å². The summed E-state index contributed by atoms with van der Waals surface area (Å²) in [6.07, 6.45) is 4.91. The molecule has 5 nitrogen and oxygen atoms in total. The Labute approximate surface area is 175 Å². The van der Waals surface area contributed by atoms with Crippen molar-refractivity contribution in [3.05, 3.63) is 41.5 Å². The van der Waals surface area contributed by atoms with Crippen LogP contribution < -0.4 is 15.0 Å². The molecule has 29 heavy (non-hydrogen) atoms. The van der Waals surface area contributed by atoms with Gasteiger partial charge in [0.05, 0.1) is 20.2 Å². The number of nitrogens with two attached hydrogens (primary N) is 1. The van der Waals surface area contributed by atoms with Crippen LogP contribution in [0.3, 0.4) is 0 Å². The van der Waals surface area contributed by atoms with Crippen LogP contribution in [0.2, 0.25) is 0 Å². The minimum absolute atomic E-state index is 0.149. The summed E-state index contributed by atoms with van der Waals surface area (Å²) in [7, 11) is 1.66. The maximum absolute atomic E-state index is 13.4. The number of carbonyl (C=O) groups is 1. The number of benzene rings is 1. The lowest BCUT2D eigenvalue weighted by molar-refractivity contribution is -0.946. The van der Waals surface area contributed by atoms with Gasteiger partial charge in [0.15, 0.2) is 0 Å². The predicted molar refractivity (Wildman–Crippen MR) is 114 cm³/mol. The first kappa shape index (κ1) is 20.4. The molecule has 3 aliphatic carbocycles. The summed E-state index contributed by atoms with van der Waals surface area (Å²) in [5.41, 5.74) is 2.64. The first-order chi connectivity index (χ1) is 14.0. The van der Waals surface area contributed by atoms with E-state index in [-0.39, 0.29) is 5.91 Å². The van der Waals surface area contributed by atoms with E-state index in [9.17, 15) is 4.79 Å². The molecule has 0 aromatic heterocycles. The van der Waals surface area contributed by atoms with Crippen LogP contribution >= 0.6 is 0 Å². The summed E-state index contributed by atoms with van der Waals surface area (Å²) in [5.74, 6) is 2.41. The number of nitrogens with zero attached hydrogens (tertiary/aromatic N) is 1. The fraction of sp³-hybridized carbons (Fsp3) is 0.625. The van der Waals surface area contributed by atoms with Crippen LogP contribution in [0, 0.1) is 17.3 Å². The zero-order chi connectivity index (χ0) is 20.4. The molecule has 1 aromatic rings. The standard InChI is InChI=1S/C24H35N3O2/c1-24(2)20-7-4-19(22(24)16-20)17-27(15-14-26-12-10-25-11-13-26)23(28)18-5-8-21(29-3)9-6-18/h4-6,8-9,20,22,25H,7,10-17H2,1-3H3/p+2/t20-,22-/m1/s1. The van der Waals surface area contributed by atoms with Gasteiger partial charge in [0.25, 0.3) is 5.91 Å². The summed E-state index contributed by atoms with van der Waals surface area (Å²) in [6.45, 7) is 12.3. The van der Waals surface area contributed by atoms with Gasteiger partial charge in [-0.15, -0.1) is 0 Å². The number of ether oxygens (including phenoxy) is 1. The Morgan fingerprint density at radius 1 is 1.24 bits per heavy atom. The van der Waals surface area contributed by atoms with E-state index in [0.717, 1.165) is 36.9 Å². The van der Waals surface area contributed by atoms with Crippen molar-refractivity contribution in [3.63, 3.8) is 0 Å². The normalized spacial score (nSPS) is 25.7. The van der Waals surface area contributed by atoms with Crippen molar-refractivity contribution in [2.45, 2.75) is 26.7 Å². The maximum atomic E-state index is 13.4. The fourth-order valence-electron chi connectivity index (χ4n) is 5.47. The highest BCUT2D eigenvalue weighted by molar-refractivity contribution is 5.94. The minimum Gasteiger partial charge on any atom is -0.497 e. The van der Waals surface area contributed by atoms with Gasteiger partial charge in [-0.05, 0) is 54.4 Å². The summed E-state index contributed by atoms with van der Waals surface area (Å²) < 4.78 is 5.26. The van der Waals surface area contributed by atoms with Crippen molar-refractivity contribution < 1.29 is 19.7 Å². The topological polar surface area (TPSA) is 50.6 Å². The molecular formula is C24H37N3O2+2. The molecule has 2 atom stereocenters. The maximum Gasteiger partial charge on any atom is 0.254 e. The van der Waals surface area contributed by atoms with E-state index >= 15 is 0 Å². The van der Waals surface area contributed by atoms with Crippen LogP contribution in [0.5, 0.6) is 5.75 Å². The number of fused-ring (bicyclic) bond motifs is 1. The lowest BCUT2D eigenvalue weighted by Crippen LogP contribution is -3.20. The van der Waals surface area contributed by atoms with Crippen molar-refractivity contribution in [3.8, 4) is 5.75 Å². The number of allylic oxidation sites excluding steroid dienone is 1. The van der Waals surface area contributed by atoms with Crippen molar-refractivity contribution in [1.29, 1.82) is 0 Å². The van der Waals surface area contributed by atoms with Crippen molar-refractivity contribution in [1.82, 2.24) is 4.90 Å². The molecule has 1 aliphatic heterocycles. The SMILES string of the molecule is COc1ccc(C(=O)N(CC[NH+]2CC[NH2+]CC2)CC2=CC[C@@H]3C[C@H]2C3(C)C)cc1. The molecule has 0 unspecified atom stereocenters. The number of methoxy groups -OCH3 is 1. The van der Waals surface area contributed by atoms with E-state index in [1.54, 1.807) is 12.0 Å². The molecule has 1 heterocycles. The molecule has 0 spiro atoms. The van der Waals surface area contributed by atoms with Crippen LogP contribution in [-0.4, -0.2) is 63.7 Å². The molecule has 2 bridgehead atoms. The molecule has 1 saturated carbocycles. The molecule has 5 rings (SSSR count). The number of rotatable bonds is 7. The van der Waals surface area contributed by atoms with Gasteiger partial charge in [-0.2, -0.15) is 0 Å². The van der Waals surface area contributed by atoms with Gasteiger partial charge in [-0.3, -0.25) is 4.79 Å². The van der Waals surface area contributed by atoms with Crippen LogP contribution in [0.25, 0.3) is 0 Å². The molecule has 1 amide bonds. The minimum atomic E-state index is 0.149. The van der Waals surface area contributed by atoms with Crippen molar-refractivity contribution in [2.75, 3.05) is 52.9 Å². The Balaban J connectivity index is 1.48. The van der Waals surface area contributed by atoms with Gasteiger partial charge in [0.2, 0.25) is 0 Å². The molecule has 4 aliphatic rings. The van der Waals surface area contributed by atoms with E-state index in [2.05, 4.69) is 30.1 Å². The Bertz CT molecular complexity index is 750. The lowest BCUT2D eigenvalue weighted by atomic mass is 9.49. The van der Waals surface area contributed by atoms with Crippen LogP contribution in [0.1, 0.15) is 37.0 Å². The number of nitrogens with one attached hydrogen (secondary N) is 1. The third-order valence-corrected chi connectivity index (χ3v) is 7.72. The van der Waals surface area contributed by atoms with Crippen molar-refractivity contribution in [2.24, 2.45) is 17.3 Å². The highest BCUT2D eigenvalue weighted by Gasteiger charge is 2.51. The summed E-state index contributed by atoms with van der Waals surface area (Å²) in [6, 6.07) is 7.57. The Hall–Kier alpha value is -1.85. The molecule has 1 aromatic carbocycles. The quantitative estimate of drug-likeness (QED) is 0.660. The molecule has 2 fully saturated rings. The van der Waals surface area contributed by atoms with E-state index in [4.69, 9.17) is 4.74 Å². The van der Waals surface area contributed by atoms with Gasteiger partial charge in [0, 0.05) is 12.1 Å². The molecule has 158 valence electrons. The number of piperazine rings is 1. The largest absolute Gasteiger partial charge is 0.497 e. The summed E-state index contributed by atoms with van der Waals surface area (Å²) in [4.78, 5) is 17.1. The Morgan fingerprint density at radius 2 is 1.97 bits per heavy atom. The van der Waals surface area contributed by atoms with Gasteiger partial charge >= 0.3 is 0 Å². The first-order valence-corrected chi connectivity index (χ1v) is 11.3. The van der Waals surface area contributed by atoms with Crippen molar-refractivity contribution >= 4 is 5.91 Å². The monoisotopic (exact) mass is 399 g/mol. The highest BCUT2D eigenvalue weighted by Crippen LogP contribution is 2.59. The van der Waals surface area contributed by atoms with Gasteiger partial charge in [-0.25, -0.2) is 0 Å². The average molecular weight is 400 g/mol. The van der Waals surface area contributed by atoms with E-state index in [1.807, 2.05) is 24.3 Å². The zero-order valence-corrected chi connectivity index (χ0v) is 18.2. The van der Waals surface area contributed by atoms with Gasteiger partial charge in [-0.1, -0.05) is 25.5 Å². The number of amides is 1. The number of hydrogen-bond donors (Lipinski definition) is 2. The van der Waals surface area contributed by atoms with Gasteiger partial charge < -0.3 is 19.9 Å². The Kier molecular flexibility index (Phi) is 5.98. The second-order valence-corrected chi connectivity index (χ2v) is 9.64. The van der Waals surface area contributed by atoms with Gasteiger partial charge in [0.1, 0.15) is 31.9 Å². The zero-order valence-electron chi connectivity index (χ0n) is 18.2. The van der Waals surface area contributed by atoms with E-state index in [1.165, 1.54) is 44.6 Å². The third kappa shape index (κ3) is 4.22. The molecule has 5 heteroatoms. The smallest absolute Gasteiger partial charge is 0.254 e. The molecule has 0 radical (unpaired) electrons.